The summed E-state index contributed by atoms with van der Waals surface area (Å²) in [5.74, 6) is 1.03. The lowest BCUT2D eigenvalue weighted by molar-refractivity contribution is 0.606. The van der Waals surface area contributed by atoms with Crippen molar-refractivity contribution >= 4 is 5.82 Å². The van der Waals surface area contributed by atoms with Gasteiger partial charge in [0.15, 0.2) is 5.82 Å². The van der Waals surface area contributed by atoms with Crippen LogP contribution in [0.3, 0.4) is 0 Å². The molecule has 0 saturated heterocycles. The third kappa shape index (κ3) is 3.19. The molecule has 18 heavy (non-hydrogen) atoms. The minimum absolute atomic E-state index is 0.670. The summed E-state index contributed by atoms with van der Waals surface area (Å²) < 4.78 is 0. The molecule has 0 bridgehead atoms. The first-order valence-corrected chi connectivity index (χ1v) is 7.15. The summed E-state index contributed by atoms with van der Waals surface area (Å²) >= 11 is 0. The van der Waals surface area contributed by atoms with Crippen LogP contribution >= 0.6 is 0 Å². The Kier molecular flexibility index (Phi) is 4.93. The Morgan fingerprint density at radius 3 is 2.56 bits per heavy atom. The maximum Gasteiger partial charge on any atom is 0.151 e. The van der Waals surface area contributed by atoms with E-state index in [1.54, 1.807) is 0 Å². The molecule has 1 aromatic heterocycles. The Bertz CT molecular complexity index is 343. The summed E-state index contributed by atoms with van der Waals surface area (Å²) in [5, 5.41) is 12.0. The van der Waals surface area contributed by atoms with E-state index < -0.39 is 0 Å². The van der Waals surface area contributed by atoms with Crippen molar-refractivity contribution in [2.45, 2.75) is 52.1 Å². The fourth-order valence-electron chi connectivity index (χ4n) is 2.68. The normalized spacial score (nSPS) is 16.1. The van der Waals surface area contributed by atoms with Gasteiger partial charge >= 0.3 is 0 Å². The molecule has 2 rings (SSSR count). The average molecular weight is 248 g/mol. The van der Waals surface area contributed by atoms with Gasteiger partial charge in [-0.05, 0) is 38.4 Å². The van der Waals surface area contributed by atoms with Crippen LogP contribution in [0, 0.1) is 0 Å². The number of hydrogen-bond donors (Lipinski definition) is 1. The number of rotatable bonds is 6. The van der Waals surface area contributed by atoms with Crippen LogP contribution in [-0.4, -0.2) is 29.3 Å². The van der Waals surface area contributed by atoms with Crippen molar-refractivity contribution in [2.75, 3.05) is 18.0 Å². The lowest BCUT2D eigenvalue weighted by Gasteiger charge is -2.28. The molecule has 1 fully saturated rings. The third-order valence-electron chi connectivity index (χ3n) is 3.66. The zero-order chi connectivity index (χ0) is 12.8. The molecular formula is C14H24N4. The molecule has 0 aromatic carbocycles. The minimum Gasteiger partial charge on any atom is -0.352 e. The van der Waals surface area contributed by atoms with E-state index in [1.165, 1.54) is 25.7 Å². The van der Waals surface area contributed by atoms with Crippen LogP contribution in [0.15, 0.2) is 12.1 Å². The Labute approximate surface area is 110 Å². The Hall–Kier alpha value is -1.16. The second-order valence-corrected chi connectivity index (χ2v) is 4.89. The molecule has 0 aliphatic heterocycles. The average Bonchev–Trinajstić information content (AvgIpc) is 2.93. The smallest absolute Gasteiger partial charge is 0.151 e. The maximum absolute atomic E-state index is 4.38. The summed E-state index contributed by atoms with van der Waals surface area (Å²) in [6.07, 6.45) is 5.31. The summed E-state index contributed by atoms with van der Waals surface area (Å²) in [6.45, 7) is 7.09. The van der Waals surface area contributed by atoms with Crippen LogP contribution in [0.4, 0.5) is 5.82 Å². The van der Waals surface area contributed by atoms with Crippen molar-refractivity contribution < 1.29 is 0 Å². The van der Waals surface area contributed by atoms with E-state index in [0.717, 1.165) is 31.1 Å². The molecule has 0 spiro atoms. The molecule has 1 aliphatic carbocycles. The SMILES string of the molecule is CCNCc1ccc(N(CC)C2CCCC2)nn1. The van der Waals surface area contributed by atoms with Crippen molar-refractivity contribution in [3.63, 3.8) is 0 Å². The zero-order valence-corrected chi connectivity index (χ0v) is 11.5. The zero-order valence-electron chi connectivity index (χ0n) is 11.5. The van der Waals surface area contributed by atoms with Gasteiger partial charge in [-0.15, -0.1) is 5.10 Å². The molecule has 1 saturated carbocycles. The van der Waals surface area contributed by atoms with Gasteiger partial charge in [-0.3, -0.25) is 0 Å². The van der Waals surface area contributed by atoms with Crippen molar-refractivity contribution in [3.05, 3.63) is 17.8 Å². The topological polar surface area (TPSA) is 41.0 Å². The fraction of sp³-hybridized carbons (Fsp3) is 0.714. The van der Waals surface area contributed by atoms with Crippen molar-refractivity contribution in [1.29, 1.82) is 0 Å². The Morgan fingerprint density at radius 2 is 2.00 bits per heavy atom. The van der Waals surface area contributed by atoms with Crippen LogP contribution in [0.1, 0.15) is 45.2 Å². The fourth-order valence-corrected chi connectivity index (χ4v) is 2.68. The van der Waals surface area contributed by atoms with E-state index in [-0.39, 0.29) is 0 Å². The predicted octanol–water partition coefficient (Wildman–Crippen LogP) is 2.36. The molecule has 1 N–H and O–H groups in total. The first-order chi connectivity index (χ1) is 8.85. The largest absolute Gasteiger partial charge is 0.352 e. The van der Waals surface area contributed by atoms with Gasteiger partial charge in [0, 0.05) is 19.1 Å². The third-order valence-corrected chi connectivity index (χ3v) is 3.66. The summed E-state index contributed by atoms with van der Waals surface area (Å²) in [6, 6.07) is 4.87. The van der Waals surface area contributed by atoms with Crippen molar-refractivity contribution in [2.24, 2.45) is 0 Å². The number of nitrogens with zero attached hydrogens (tertiary/aromatic N) is 3. The highest BCUT2D eigenvalue weighted by atomic mass is 15.3. The first-order valence-electron chi connectivity index (χ1n) is 7.15. The standard InChI is InChI=1S/C14H24N4/c1-3-15-11-12-9-10-14(17-16-12)18(4-2)13-7-5-6-8-13/h9-10,13,15H,3-8,11H2,1-2H3. The number of hydrogen-bond acceptors (Lipinski definition) is 4. The highest BCUT2D eigenvalue weighted by Crippen LogP contribution is 2.26. The summed E-state index contributed by atoms with van der Waals surface area (Å²) in [4.78, 5) is 2.40. The molecular weight excluding hydrogens is 224 g/mol. The molecule has 0 atom stereocenters. The van der Waals surface area contributed by atoms with Gasteiger partial charge in [-0.2, -0.15) is 5.10 Å². The molecule has 100 valence electrons. The summed E-state index contributed by atoms with van der Waals surface area (Å²) in [7, 11) is 0. The van der Waals surface area contributed by atoms with Crippen LogP contribution in [0.25, 0.3) is 0 Å². The van der Waals surface area contributed by atoms with Crippen LogP contribution in [0.5, 0.6) is 0 Å². The van der Waals surface area contributed by atoms with Crippen LogP contribution in [0.2, 0.25) is 0 Å². The monoisotopic (exact) mass is 248 g/mol. The molecule has 4 heteroatoms. The van der Waals surface area contributed by atoms with Crippen molar-refractivity contribution in [3.8, 4) is 0 Å². The van der Waals surface area contributed by atoms with Gasteiger partial charge in [0.2, 0.25) is 0 Å². The molecule has 0 radical (unpaired) electrons. The van der Waals surface area contributed by atoms with Gasteiger partial charge in [0.05, 0.1) is 5.69 Å². The molecule has 0 amide bonds. The Balaban J connectivity index is 2.02. The van der Waals surface area contributed by atoms with E-state index in [1.807, 2.05) is 0 Å². The quantitative estimate of drug-likeness (QED) is 0.839. The predicted molar refractivity (Wildman–Crippen MR) is 74.7 cm³/mol. The van der Waals surface area contributed by atoms with E-state index in [4.69, 9.17) is 0 Å². The van der Waals surface area contributed by atoms with E-state index in [9.17, 15) is 0 Å². The van der Waals surface area contributed by atoms with E-state index >= 15 is 0 Å². The van der Waals surface area contributed by atoms with Gasteiger partial charge in [0.1, 0.15) is 0 Å². The van der Waals surface area contributed by atoms with E-state index in [0.29, 0.717) is 6.04 Å². The van der Waals surface area contributed by atoms with Crippen LogP contribution in [-0.2, 0) is 6.54 Å². The molecule has 1 heterocycles. The second kappa shape index (κ2) is 6.69. The van der Waals surface area contributed by atoms with Gasteiger partial charge in [-0.1, -0.05) is 19.8 Å². The lowest BCUT2D eigenvalue weighted by atomic mass is 10.2. The van der Waals surface area contributed by atoms with Crippen molar-refractivity contribution in [1.82, 2.24) is 15.5 Å². The van der Waals surface area contributed by atoms with Crippen LogP contribution < -0.4 is 10.2 Å². The van der Waals surface area contributed by atoms with Gasteiger partial charge in [-0.25, -0.2) is 0 Å². The molecule has 1 aromatic rings. The minimum atomic E-state index is 0.670. The first kappa shape index (κ1) is 13.3. The summed E-state index contributed by atoms with van der Waals surface area (Å²) in [5.41, 5.74) is 1.02. The second-order valence-electron chi connectivity index (χ2n) is 4.89. The highest BCUT2D eigenvalue weighted by molar-refractivity contribution is 5.38. The molecule has 1 aliphatic rings. The van der Waals surface area contributed by atoms with Gasteiger partial charge < -0.3 is 10.2 Å². The number of aromatic nitrogens is 2. The molecule has 4 nitrogen and oxygen atoms in total. The highest BCUT2D eigenvalue weighted by Gasteiger charge is 2.22. The van der Waals surface area contributed by atoms with Gasteiger partial charge in [0.25, 0.3) is 0 Å². The molecule has 0 unspecified atom stereocenters. The number of nitrogens with one attached hydrogen (secondary N) is 1. The Morgan fingerprint density at radius 1 is 1.22 bits per heavy atom. The van der Waals surface area contributed by atoms with E-state index in [2.05, 4.69) is 46.4 Å². The lowest BCUT2D eigenvalue weighted by Crippen LogP contribution is -2.33. The number of anilines is 1. The maximum atomic E-state index is 4.38.